The van der Waals surface area contributed by atoms with E-state index in [0.29, 0.717) is 13.1 Å². The first kappa shape index (κ1) is 14.5. The van der Waals surface area contributed by atoms with E-state index in [-0.39, 0.29) is 5.92 Å². The third-order valence-electron chi connectivity index (χ3n) is 2.77. The van der Waals surface area contributed by atoms with Crippen LogP contribution in [-0.4, -0.2) is 37.3 Å². The molecule has 0 saturated heterocycles. The summed E-state index contributed by atoms with van der Waals surface area (Å²) in [5.41, 5.74) is 0.825. The number of nitrogens with zero attached hydrogens (tertiary/aromatic N) is 2. The van der Waals surface area contributed by atoms with Crippen LogP contribution in [0.3, 0.4) is 0 Å². The van der Waals surface area contributed by atoms with E-state index in [9.17, 15) is 5.11 Å². The SMILES string of the molecule is COc1cccc(C(O)CN(C)CC(C)C#N)c1. The molecule has 1 aromatic carbocycles. The molecule has 4 nitrogen and oxygen atoms in total. The monoisotopic (exact) mass is 248 g/mol. The maximum Gasteiger partial charge on any atom is 0.119 e. The first-order chi connectivity index (χ1) is 8.56. The second kappa shape index (κ2) is 7.00. The number of methoxy groups -OCH3 is 1. The number of hydrogen-bond donors (Lipinski definition) is 1. The Morgan fingerprint density at radius 1 is 1.44 bits per heavy atom. The number of benzene rings is 1. The van der Waals surface area contributed by atoms with Crippen molar-refractivity contribution in [3.05, 3.63) is 29.8 Å². The van der Waals surface area contributed by atoms with Gasteiger partial charge in [0.2, 0.25) is 0 Å². The number of rotatable bonds is 6. The Morgan fingerprint density at radius 3 is 2.78 bits per heavy atom. The number of likely N-dealkylation sites (N-methyl/N-ethyl adjacent to an activating group) is 1. The number of nitriles is 1. The molecule has 98 valence electrons. The lowest BCUT2D eigenvalue weighted by Gasteiger charge is -2.21. The molecule has 0 aliphatic heterocycles. The molecular weight excluding hydrogens is 228 g/mol. The van der Waals surface area contributed by atoms with Crippen molar-refractivity contribution in [2.45, 2.75) is 13.0 Å². The molecule has 18 heavy (non-hydrogen) atoms. The Labute approximate surface area is 108 Å². The molecule has 0 fully saturated rings. The Balaban J connectivity index is 2.59. The van der Waals surface area contributed by atoms with E-state index in [1.54, 1.807) is 7.11 Å². The van der Waals surface area contributed by atoms with Crippen molar-refractivity contribution in [2.24, 2.45) is 5.92 Å². The molecular formula is C14H20N2O2. The van der Waals surface area contributed by atoms with E-state index >= 15 is 0 Å². The molecule has 1 N–H and O–H groups in total. The summed E-state index contributed by atoms with van der Waals surface area (Å²) < 4.78 is 5.12. The van der Waals surface area contributed by atoms with Gasteiger partial charge in [-0.05, 0) is 31.7 Å². The molecule has 0 bridgehead atoms. The fourth-order valence-electron chi connectivity index (χ4n) is 1.83. The summed E-state index contributed by atoms with van der Waals surface area (Å²) in [7, 11) is 3.50. The molecule has 0 amide bonds. The Hall–Kier alpha value is -1.57. The zero-order valence-corrected chi connectivity index (χ0v) is 11.1. The fraction of sp³-hybridized carbons (Fsp3) is 0.500. The first-order valence-electron chi connectivity index (χ1n) is 5.97. The molecule has 0 aliphatic rings. The number of aliphatic hydroxyl groups excluding tert-OH is 1. The zero-order chi connectivity index (χ0) is 13.5. The van der Waals surface area contributed by atoms with Crippen molar-refractivity contribution in [3.63, 3.8) is 0 Å². The van der Waals surface area contributed by atoms with Crippen LogP contribution in [0.1, 0.15) is 18.6 Å². The van der Waals surface area contributed by atoms with Gasteiger partial charge in [-0.2, -0.15) is 5.26 Å². The van der Waals surface area contributed by atoms with Gasteiger partial charge in [0.25, 0.3) is 0 Å². The number of aliphatic hydroxyl groups is 1. The highest BCUT2D eigenvalue weighted by Crippen LogP contribution is 2.19. The van der Waals surface area contributed by atoms with E-state index in [4.69, 9.17) is 10.00 Å². The third-order valence-corrected chi connectivity index (χ3v) is 2.77. The van der Waals surface area contributed by atoms with Crippen LogP contribution in [0.4, 0.5) is 0 Å². The fourth-order valence-corrected chi connectivity index (χ4v) is 1.83. The Morgan fingerprint density at radius 2 is 2.17 bits per heavy atom. The van der Waals surface area contributed by atoms with Crippen molar-refractivity contribution >= 4 is 0 Å². The molecule has 2 atom stereocenters. The quantitative estimate of drug-likeness (QED) is 0.834. The van der Waals surface area contributed by atoms with E-state index in [2.05, 4.69) is 6.07 Å². The Bertz CT molecular complexity index is 415. The van der Waals surface area contributed by atoms with Crippen LogP contribution in [0.25, 0.3) is 0 Å². The van der Waals surface area contributed by atoms with Gasteiger partial charge >= 0.3 is 0 Å². The number of hydrogen-bond acceptors (Lipinski definition) is 4. The van der Waals surface area contributed by atoms with Gasteiger partial charge in [0, 0.05) is 13.1 Å². The maximum absolute atomic E-state index is 10.1. The lowest BCUT2D eigenvalue weighted by molar-refractivity contribution is 0.123. The summed E-state index contributed by atoms with van der Waals surface area (Å²) in [6.45, 7) is 3.02. The minimum Gasteiger partial charge on any atom is -0.497 e. The lowest BCUT2D eigenvalue weighted by Crippen LogP contribution is -2.28. The predicted octanol–water partition coefficient (Wildman–Crippen LogP) is 1.82. The van der Waals surface area contributed by atoms with Crippen LogP contribution in [-0.2, 0) is 0 Å². The van der Waals surface area contributed by atoms with Gasteiger partial charge in [0.05, 0.1) is 25.2 Å². The minimum atomic E-state index is -0.573. The maximum atomic E-state index is 10.1. The van der Waals surface area contributed by atoms with Crippen molar-refractivity contribution < 1.29 is 9.84 Å². The largest absolute Gasteiger partial charge is 0.497 e. The summed E-state index contributed by atoms with van der Waals surface area (Å²) in [4.78, 5) is 1.96. The second-order valence-corrected chi connectivity index (χ2v) is 4.54. The summed E-state index contributed by atoms with van der Waals surface area (Å²) in [6, 6.07) is 9.58. The summed E-state index contributed by atoms with van der Waals surface area (Å²) in [6.07, 6.45) is -0.573. The van der Waals surface area contributed by atoms with Gasteiger partial charge in [-0.1, -0.05) is 12.1 Å². The molecule has 1 aromatic rings. The molecule has 4 heteroatoms. The van der Waals surface area contributed by atoms with E-state index < -0.39 is 6.10 Å². The molecule has 0 spiro atoms. The van der Waals surface area contributed by atoms with Gasteiger partial charge in [-0.3, -0.25) is 0 Å². The average Bonchev–Trinajstić information content (AvgIpc) is 2.38. The van der Waals surface area contributed by atoms with Crippen LogP contribution in [0, 0.1) is 17.2 Å². The van der Waals surface area contributed by atoms with Crippen molar-refractivity contribution in [2.75, 3.05) is 27.2 Å². The summed E-state index contributed by atoms with van der Waals surface area (Å²) >= 11 is 0. The predicted molar refractivity (Wildman–Crippen MR) is 70.2 cm³/mol. The standard InChI is InChI=1S/C14H20N2O2/c1-11(8-15)9-16(2)10-14(17)12-5-4-6-13(7-12)18-3/h4-7,11,14,17H,9-10H2,1-3H3. The molecule has 0 heterocycles. The van der Waals surface area contributed by atoms with Crippen LogP contribution in [0.2, 0.25) is 0 Å². The second-order valence-electron chi connectivity index (χ2n) is 4.54. The highest BCUT2D eigenvalue weighted by atomic mass is 16.5. The van der Waals surface area contributed by atoms with Crippen LogP contribution >= 0.6 is 0 Å². The van der Waals surface area contributed by atoms with Crippen LogP contribution in [0.15, 0.2) is 24.3 Å². The van der Waals surface area contributed by atoms with Gasteiger partial charge in [-0.25, -0.2) is 0 Å². The van der Waals surface area contributed by atoms with E-state index in [1.807, 2.05) is 43.1 Å². The normalized spacial score (nSPS) is 14.0. The summed E-state index contributed by atoms with van der Waals surface area (Å²) in [5.74, 6) is 0.701. The molecule has 0 aliphatic carbocycles. The number of ether oxygens (including phenoxy) is 1. The van der Waals surface area contributed by atoms with Crippen LogP contribution in [0.5, 0.6) is 5.75 Å². The molecule has 1 rings (SSSR count). The highest BCUT2D eigenvalue weighted by Gasteiger charge is 2.13. The third kappa shape index (κ3) is 4.36. The molecule has 0 aromatic heterocycles. The van der Waals surface area contributed by atoms with E-state index in [0.717, 1.165) is 11.3 Å². The van der Waals surface area contributed by atoms with Gasteiger partial charge in [0.15, 0.2) is 0 Å². The van der Waals surface area contributed by atoms with E-state index in [1.165, 1.54) is 0 Å². The molecule has 0 radical (unpaired) electrons. The molecule has 0 saturated carbocycles. The van der Waals surface area contributed by atoms with Crippen LogP contribution < -0.4 is 4.74 Å². The van der Waals surface area contributed by atoms with Crippen molar-refractivity contribution in [1.29, 1.82) is 5.26 Å². The smallest absolute Gasteiger partial charge is 0.119 e. The van der Waals surface area contributed by atoms with Gasteiger partial charge < -0.3 is 14.7 Å². The average molecular weight is 248 g/mol. The van der Waals surface area contributed by atoms with Gasteiger partial charge in [0.1, 0.15) is 5.75 Å². The highest BCUT2D eigenvalue weighted by molar-refractivity contribution is 5.29. The Kier molecular flexibility index (Phi) is 5.63. The van der Waals surface area contributed by atoms with Crippen molar-refractivity contribution in [1.82, 2.24) is 4.90 Å². The minimum absolute atomic E-state index is 0.0347. The zero-order valence-electron chi connectivity index (χ0n) is 11.1. The first-order valence-corrected chi connectivity index (χ1v) is 5.97. The lowest BCUT2D eigenvalue weighted by atomic mass is 10.1. The molecule has 2 unspecified atom stereocenters. The van der Waals surface area contributed by atoms with Gasteiger partial charge in [-0.15, -0.1) is 0 Å². The topological polar surface area (TPSA) is 56.5 Å². The van der Waals surface area contributed by atoms with Crippen molar-refractivity contribution in [3.8, 4) is 11.8 Å². The summed E-state index contributed by atoms with van der Waals surface area (Å²) in [5, 5.41) is 18.9.